The van der Waals surface area contributed by atoms with Gasteiger partial charge in [0.2, 0.25) is 0 Å². The minimum atomic E-state index is 0.121. The minimum Gasteiger partial charge on any atom is -0.383 e. The third-order valence-electron chi connectivity index (χ3n) is 1.58. The van der Waals surface area contributed by atoms with Crippen molar-refractivity contribution < 1.29 is 0 Å². The molecule has 0 unspecified atom stereocenters. The highest BCUT2D eigenvalue weighted by atomic mass is 32.1. The van der Waals surface area contributed by atoms with Gasteiger partial charge >= 0.3 is 0 Å². The standard InChI is InChI=1S/C8H7N3S/c9-8(10)7-3-5-4-11-2-1-6(5)12-7/h1-4H,(H3,9,10). The Morgan fingerprint density at radius 3 is 3.08 bits per heavy atom. The molecule has 0 bridgehead atoms. The van der Waals surface area contributed by atoms with E-state index in [4.69, 9.17) is 11.1 Å². The number of fused-ring (bicyclic) bond motifs is 1. The number of hydrogen-bond donors (Lipinski definition) is 2. The summed E-state index contributed by atoms with van der Waals surface area (Å²) < 4.78 is 1.12. The average Bonchev–Trinajstić information content (AvgIpc) is 2.46. The summed E-state index contributed by atoms with van der Waals surface area (Å²) in [6, 6.07) is 3.81. The maximum atomic E-state index is 7.24. The molecular weight excluding hydrogens is 170 g/mol. The van der Waals surface area contributed by atoms with Crippen LogP contribution in [0.1, 0.15) is 4.88 Å². The van der Waals surface area contributed by atoms with Crippen LogP contribution in [0.25, 0.3) is 10.1 Å². The topological polar surface area (TPSA) is 62.8 Å². The van der Waals surface area contributed by atoms with Crippen molar-refractivity contribution in [2.75, 3.05) is 0 Å². The van der Waals surface area contributed by atoms with Crippen LogP contribution < -0.4 is 5.73 Å². The third kappa shape index (κ3) is 1.06. The van der Waals surface area contributed by atoms with Crippen LogP contribution in [-0.2, 0) is 0 Å². The molecule has 60 valence electrons. The van der Waals surface area contributed by atoms with Crippen molar-refractivity contribution in [3.63, 3.8) is 0 Å². The summed E-state index contributed by atoms with van der Waals surface area (Å²) in [7, 11) is 0. The van der Waals surface area contributed by atoms with E-state index in [2.05, 4.69) is 4.98 Å². The van der Waals surface area contributed by atoms with Crippen molar-refractivity contribution in [2.45, 2.75) is 0 Å². The van der Waals surface area contributed by atoms with Gasteiger partial charge in [-0.25, -0.2) is 0 Å². The van der Waals surface area contributed by atoms with Crippen LogP contribution in [0.15, 0.2) is 24.5 Å². The number of nitrogen functional groups attached to an aromatic ring is 1. The van der Waals surface area contributed by atoms with Crippen molar-refractivity contribution in [3.05, 3.63) is 29.4 Å². The molecule has 0 atom stereocenters. The fraction of sp³-hybridized carbons (Fsp3) is 0. The zero-order chi connectivity index (χ0) is 8.55. The van der Waals surface area contributed by atoms with E-state index in [9.17, 15) is 0 Å². The first kappa shape index (κ1) is 7.24. The Balaban J connectivity index is 2.70. The highest BCUT2D eigenvalue weighted by Crippen LogP contribution is 2.23. The largest absolute Gasteiger partial charge is 0.383 e. The van der Waals surface area contributed by atoms with Crippen molar-refractivity contribution in [1.82, 2.24) is 4.98 Å². The van der Waals surface area contributed by atoms with Crippen LogP contribution in [0.3, 0.4) is 0 Å². The number of nitrogens with zero attached hydrogens (tertiary/aromatic N) is 1. The smallest absolute Gasteiger partial charge is 0.133 e. The molecule has 2 aromatic heterocycles. The number of thiophene rings is 1. The second-order valence-electron chi connectivity index (χ2n) is 2.44. The molecule has 0 saturated carbocycles. The van der Waals surface area contributed by atoms with E-state index in [-0.39, 0.29) is 5.84 Å². The van der Waals surface area contributed by atoms with Crippen molar-refractivity contribution in [3.8, 4) is 0 Å². The fourth-order valence-corrected chi connectivity index (χ4v) is 1.91. The zero-order valence-electron chi connectivity index (χ0n) is 6.24. The minimum absolute atomic E-state index is 0.121. The van der Waals surface area contributed by atoms with E-state index in [0.717, 1.165) is 15.0 Å². The lowest BCUT2D eigenvalue weighted by Gasteiger charge is -1.85. The molecule has 0 aliphatic rings. The average molecular weight is 177 g/mol. The van der Waals surface area contributed by atoms with Gasteiger partial charge in [0.05, 0.1) is 4.88 Å². The van der Waals surface area contributed by atoms with Crippen LogP contribution in [0.4, 0.5) is 0 Å². The van der Waals surface area contributed by atoms with Gasteiger partial charge in [0, 0.05) is 22.5 Å². The number of pyridine rings is 1. The Hall–Kier alpha value is -1.42. The van der Waals surface area contributed by atoms with Gasteiger partial charge in [0.1, 0.15) is 5.84 Å². The van der Waals surface area contributed by atoms with Crippen molar-refractivity contribution in [1.29, 1.82) is 5.41 Å². The highest BCUT2D eigenvalue weighted by Gasteiger charge is 2.02. The predicted molar refractivity (Wildman–Crippen MR) is 50.6 cm³/mol. The lowest BCUT2D eigenvalue weighted by Crippen LogP contribution is -2.08. The van der Waals surface area contributed by atoms with Gasteiger partial charge in [-0.15, -0.1) is 11.3 Å². The van der Waals surface area contributed by atoms with Gasteiger partial charge in [0.25, 0.3) is 0 Å². The third-order valence-corrected chi connectivity index (χ3v) is 2.73. The van der Waals surface area contributed by atoms with Gasteiger partial charge in [-0.1, -0.05) is 0 Å². The van der Waals surface area contributed by atoms with Crippen molar-refractivity contribution >= 4 is 27.3 Å². The normalized spacial score (nSPS) is 10.3. The number of nitrogens with one attached hydrogen (secondary N) is 1. The summed E-state index contributed by atoms with van der Waals surface area (Å²) >= 11 is 1.52. The lowest BCUT2D eigenvalue weighted by atomic mass is 10.3. The Morgan fingerprint density at radius 2 is 2.42 bits per heavy atom. The summed E-state index contributed by atoms with van der Waals surface area (Å²) in [5, 5.41) is 8.28. The Bertz CT molecular complexity index is 400. The Kier molecular flexibility index (Phi) is 1.55. The molecule has 12 heavy (non-hydrogen) atoms. The number of nitrogens with two attached hydrogens (primary N) is 1. The lowest BCUT2D eigenvalue weighted by molar-refractivity contribution is 1.37. The number of amidine groups is 1. The Morgan fingerprint density at radius 1 is 1.58 bits per heavy atom. The molecule has 3 nitrogen and oxygen atoms in total. The van der Waals surface area contributed by atoms with E-state index >= 15 is 0 Å². The summed E-state index contributed by atoms with van der Waals surface area (Å²) in [6.07, 6.45) is 3.51. The first-order valence-electron chi connectivity index (χ1n) is 3.45. The summed E-state index contributed by atoms with van der Waals surface area (Å²) in [5.41, 5.74) is 5.35. The molecule has 2 rings (SSSR count). The van der Waals surface area contributed by atoms with Crippen LogP contribution >= 0.6 is 11.3 Å². The van der Waals surface area contributed by atoms with E-state index in [1.165, 1.54) is 11.3 Å². The van der Waals surface area contributed by atoms with E-state index in [1.54, 1.807) is 12.4 Å². The molecule has 0 spiro atoms. The van der Waals surface area contributed by atoms with Gasteiger partial charge in [0.15, 0.2) is 0 Å². The SMILES string of the molecule is N=C(N)c1cc2cnccc2s1. The summed E-state index contributed by atoms with van der Waals surface area (Å²) in [5.74, 6) is 0.121. The molecule has 0 aliphatic heterocycles. The quantitative estimate of drug-likeness (QED) is 0.513. The maximum Gasteiger partial charge on any atom is 0.133 e. The highest BCUT2D eigenvalue weighted by molar-refractivity contribution is 7.20. The first-order chi connectivity index (χ1) is 5.77. The second kappa shape index (κ2) is 2.57. The molecule has 0 fully saturated rings. The van der Waals surface area contributed by atoms with Gasteiger partial charge in [-0.3, -0.25) is 10.4 Å². The maximum absolute atomic E-state index is 7.24. The van der Waals surface area contributed by atoms with E-state index < -0.39 is 0 Å². The van der Waals surface area contributed by atoms with E-state index in [0.29, 0.717) is 0 Å². The predicted octanol–water partition coefficient (Wildman–Crippen LogP) is 1.58. The monoisotopic (exact) mass is 177 g/mol. The molecule has 0 aromatic carbocycles. The van der Waals surface area contributed by atoms with Gasteiger partial charge < -0.3 is 5.73 Å². The summed E-state index contributed by atoms with van der Waals surface area (Å²) in [6.45, 7) is 0. The van der Waals surface area contributed by atoms with Crippen LogP contribution in [0.2, 0.25) is 0 Å². The van der Waals surface area contributed by atoms with Gasteiger partial charge in [-0.2, -0.15) is 0 Å². The van der Waals surface area contributed by atoms with Crippen LogP contribution in [0.5, 0.6) is 0 Å². The Labute approximate surface area is 73.4 Å². The van der Waals surface area contributed by atoms with Crippen LogP contribution in [0, 0.1) is 5.41 Å². The van der Waals surface area contributed by atoms with E-state index in [1.807, 2.05) is 12.1 Å². The zero-order valence-corrected chi connectivity index (χ0v) is 7.06. The molecule has 0 saturated heterocycles. The summed E-state index contributed by atoms with van der Waals surface area (Å²) in [4.78, 5) is 4.78. The van der Waals surface area contributed by atoms with Crippen LogP contribution in [-0.4, -0.2) is 10.8 Å². The molecule has 0 radical (unpaired) electrons. The number of aromatic nitrogens is 1. The molecule has 0 aliphatic carbocycles. The number of rotatable bonds is 1. The second-order valence-corrected chi connectivity index (χ2v) is 3.52. The first-order valence-corrected chi connectivity index (χ1v) is 4.27. The molecular formula is C8H7N3S. The molecule has 4 heteroatoms. The molecule has 0 amide bonds. The molecule has 2 heterocycles. The van der Waals surface area contributed by atoms with Crippen molar-refractivity contribution in [2.24, 2.45) is 5.73 Å². The number of hydrogen-bond acceptors (Lipinski definition) is 3. The molecule has 3 N–H and O–H groups in total. The van der Waals surface area contributed by atoms with Gasteiger partial charge in [-0.05, 0) is 12.1 Å². The molecule has 2 aromatic rings. The fourth-order valence-electron chi connectivity index (χ4n) is 1.02.